The van der Waals surface area contributed by atoms with Crippen LogP contribution in [0.15, 0.2) is 0 Å². The number of hydrogen-bond donors (Lipinski definition) is 2. The fourth-order valence-corrected chi connectivity index (χ4v) is 0.219. The lowest BCUT2D eigenvalue weighted by molar-refractivity contribution is -0.225. The van der Waals surface area contributed by atoms with Gasteiger partial charge in [-0.3, -0.25) is 9.09 Å². The van der Waals surface area contributed by atoms with Crippen LogP contribution in [0.2, 0.25) is 0 Å². The summed E-state index contributed by atoms with van der Waals surface area (Å²) in [6, 6.07) is 0. The van der Waals surface area contributed by atoms with Gasteiger partial charge in [0.15, 0.2) is 6.79 Å². The molecule has 0 saturated carbocycles. The van der Waals surface area contributed by atoms with Crippen LogP contribution < -0.4 is 4.89 Å². The fraction of sp³-hybridized carbons (Fsp3) is 1.00. The highest BCUT2D eigenvalue weighted by molar-refractivity contribution is 7.44. The van der Waals surface area contributed by atoms with E-state index in [0.29, 0.717) is 0 Å². The number of aliphatic hydroxyl groups excluding tert-OH is 1. The molecule has 0 aliphatic carbocycles. The quantitative estimate of drug-likeness (QED) is 0.518. The number of aliphatic hydroxyl groups is 1. The van der Waals surface area contributed by atoms with Crippen LogP contribution in [0, 0.1) is 0 Å². The molecule has 0 amide bonds. The van der Waals surface area contributed by atoms with Crippen LogP contribution in [0.3, 0.4) is 0 Å². The zero-order valence-electron chi connectivity index (χ0n) is 5.98. The van der Waals surface area contributed by atoms with Crippen molar-refractivity contribution < 1.29 is 24.0 Å². The molecule has 0 aromatic carbocycles. The van der Waals surface area contributed by atoms with Crippen LogP contribution in [0.5, 0.6) is 0 Å². The van der Waals surface area contributed by atoms with E-state index in [1.54, 1.807) is 0 Å². The van der Waals surface area contributed by atoms with Gasteiger partial charge in [0.05, 0.1) is 0 Å². The summed E-state index contributed by atoms with van der Waals surface area (Å²) in [5.41, 5.74) is 0. The van der Waals surface area contributed by atoms with Gasteiger partial charge in [0.25, 0.3) is 7.82 Å². The molecule has 0 saturated heterocycles. The van der Waals surface area contributed by atoms with Crippen molar-refractivity contribution in [1.29, 1.82) is 0 Å². The SMILES string of the molecule is C.C.CCC.O=P([O-])(O)OCO. The molecule has 0 aliphatic heterocycles. The van der Waals surface area contributed by atoms with Gasteiger partial charge < -0.3 is 14.9 Å². The number of phosphoric acid groups is 1. The summed E-state index contributed by atoms with van der Waals surface area (Å²) in [5, 5.41) is 7.65. The second kappa shape index (κ2) is 13.6. The average Bonchev–Trinajstić information content (AvgIpc) is 1.63. The third-order valence-electron chi connectivity index (χ3n) is 0.221. The molecule has 6 heteroatoms. The molecule has 12 heavy (non-hydrogen) atoms. The van der Waals surface area contributed by atoms with E-state index in [1.807, 2.05) is 0 Å². The van der Waals surface area contributed by atoms with Crippen molar-refractivity contribution in [3.05, 3.63) is 0 Å². The van der Waals surface area contributed by atoms with Crippen molar-refractivity contribution in [3.8, 4) is 0 Å². The van der Waals surface area contributed by atoms with E-state index in [1.165, 1.54) is 6.42 Å². The first-order chi connectivity index (χ1) is 4.47. The van der Waals surface area contributed by atoms with Gasteiger partial charge >= 0.3 is 0 Å². The van der Waals surface area contributed by atoms with Crippen molar-refractivity contribution >= 4 is 7.82 Å². The van der Waals surface area contributed by atoms with Crippen molar-refractivity contribution in [3.63, 3.8) is 0 Å². The van der Waals surface area contributed by atoms with E-state index in [4.69, 9.17) is 10.00 Å². The average molecular weight is 203 g/mol. The smallest absolute Gasteiger partial charge is 0.267 e. The molecule has 1 unspecified atom stereocenters. The minimum atomic E-state index is -4.67. The maximum Gasteiger partial charge on any atom is 0.267 e. The minimum Gasteiger partial charge on any atom is -0.756 e. The second-order valence-corrected chi connectivity index (χ2v) is 2.63. The lowest BCUT2D eigenvalue weighted by Gasteiger charge is -2.11. The zero-order chi connectivity index (χ0) is 8.62. The third kappa shape index (κ3) is 50.0. The maximum absolute atomic E-state index is 9.43. The number of hydrogen-bond acceptors (Lipinski definition) is 4. The Kier molecular flexibility index (Phi) is 25.8. The topological polar surface area (TPSA) is 89.8 Å². The first-order valence-electron chi connectivity index (χ1n) is 2.77. The predicted molar refractivity (Wildman–Crippen MR) is 47.4 cm³/mol. The number of rotatable bonds is 2. The number of phosphoric ester groups is 1. The van der Waals surface area contributed by atoms with Crippen molar-refractivity contribution in [2.45, 2.75) is 35.1 Å². The molecule has 0 aliphatic rings. The molecule has 0 aromatic rings. The molecule has 0 fully saturated rings. The standard InChI is InChI=1S/C3H8.CH5O5P.2CH4/c1-3-2;2-1-6-7(3,4)5;;/h3H2,1-2H3;2H,1H2,(H2,3,4,5);2*1H4/p-1. The summed E-state index contributed by atoms with van der Waals surface area (Å²) < 4.78 is 12.8. The van der Waals surface area contributed by atoms with Gasteiger partial charge in [-0.15, -0.1) is 0 Å². The summed E-state index contributed by atoms with van der Waals surface area (Å²) in [4.78, 5) is 17.1. The molecule has 0 heterocycles. The van der Waals surface area contributed by atoms with Crippen LogP contribution in [-0.2, 0) is 9.09 Å². The molecule has 0 bridgehead atoms. The summed E-state index contributed by atoms with van der Waals surface area (Å²) in [6.07, 6.45) is 1.25. The van der Waals surface area contributed by atoms with Crippen LogP contribution >= 0.6 is 7.82 Å². The molecule has 0 spiro atoms. The van der Waals surface area contributed by atoms with Crippen LogP contribution in [0.25, 0.3) is 0 Å². The highest BCUT2D eigenvalue weighted by Gasteiger charge is 1.96. The van der Waals surface area contributed by atoms with Gasteiger partial charge in [0.2, 0.25) is 0 Å². The van der Waals surface area contributed by atoms with Crippen molar-refractivity contribution in [1.82, 2.24) is 0 Å². The lowest BCUT2D eigenvalue weighted by Crippen LogP contribution is -2.03. The molecular formula is C6H20O5P-. The Morgan fingerprint density at radius 3 is 1.67 bits per heavy atom. The van der Waals surface area contributed by atoms with Gasteiger partial charge in [0.1, 0.15) is 0 Å². The normalized spacial score (nSPS) is 12.4. The van der Waals surface area contributed by atoms with Gasteiger partial charge in [-0.2, -0.15) is 0 Å². The van der Waals surface area contributed by atoms with Gasteiger partial charge in [-0.05, 0) is 0 Å². The predicted octanol–water partition coefficient (Wildman–Crippen LogP) is 1.10. The van der Waals surface area contributed by atoms with E-state index >= 15 is 0 Å². The fourth-order valence-electron chi connectivity index (χ4n) is 0.0730. The minimum absolute atomic E-state index is 0. The summed E-state index contributed by atoms with van der Waals surface area (Å²) in [6.45, 7) is 3.23. The Morgan fingerprint density at radius 1 is 1.42 bits per heavy atom. The first kappa shape index (κ1) is 22.7. The molecule has 0 radical (unpaired) electrons. The molecule has 80 valence electrons. The van der Waals surface area contributed by atoms with E-state index in [9.17, 15) is 9.46 Å². The highest BCUT2D eigenvalue weighted by atomic mass is 31.2. The second-order valence-electron chi connectivity index (χ2n) is 1.43. The monoisotopic (exact) mass is 203 g/mol. The molecular weight excluding hydrogens is 183 g/mol. The molecule has 5 nitrogen and oxygen atoms in total. The lowest BCUT2D eigenvalue weighted by atomic mass is 10.6. The molecule has 0 aromatic heterocycles. The van der Waals surface area contributed by atoms with Crippen molar-refractivity contribution in [2.75, 3.05) is 6.79 Å². The van der Waals surface area contributed by atoms with Crippen LogP contribution in [0.1, 0.15) is 35.1 Å². The maximum atomic E-state index is 9.43. The molecule has 1 atom stereocenters. The van der Waals surface area contributed by atoms with Crippen molar-refractivity contribution in [2.24, 2.45) is 0 Å². The van der Waals surface area contributed by atoms with E-state index < -0.39 is 14.6 Å². The molecule has 2 N–H and O–H groups in total. The summed E-state index contributed by atoms with van der Waals surface area (Å²) in [5.74, 6) is 0. The Morgan fingerprint density at radius 2 is 1.67 bits per heavy atom. The van der Waals surface area contributed by atoms with E-state index in [-0.39, 0.29) is 14.9 Å². The largest absolute Gasteiger partial charge is 0.756 e. The van der Waals surface area contributed by atoms with Crippen LogP contribution in [0.4, 0.5) is 0 Å². The Balaban J connectivity index is -0.0000000569. The first-order valence-corrected chi connectivity index (χ1v) is 4.26. The Hall–Kier alpha value is 0.0700. The van der Waals surface area contributed by atoms with Gasteiger partial charge in [-0.1, -0.05) is 35.1 Å². The highest BCUT2D eigenvalue weighted by Crippen LogP contribution is 2.28. The zero-order valence-corrected chi connectivity index (χ0v) is 6.88. The van der Waals surface area contributed by atoms with E-state index in [0.717, 1.165) is 0 Å². The van der Waals surface area contributed by atoms with E-state index in [2.05, 4.69) is 18.4 Å². The van der Waals surface area contributed by atoms with Crippen LogP contribution in [-0.4, -0.2) is 16.8 Å². The van der Waals surface area contributed by atoms with Gasteiger partial charge in [0, 0.05) is 0 Å². The Labute approximate surface area is 74.6 Å². The summed E-state index contributed by atoms with van der Waals surface area (Å²) in [7, 11) is -4.67. The summed E-state index contributed by atoms with van der Waals surface area (Å²) >= 11 is 0. The van der Waals surface area contributed by atoms with Gasteiger partial charge in [-0.25, -0.2) is 0 Å². The Bertz CT molecular complexity index is 100. The third-order valence-corrected chi connectivity index (χ3v) is 0.663. The molecule has 0 rings (SSSR count).